The van der Waals surface area contributed by atoms with E-state index in [0.29, 0.717) is 5.56 Å². The Hall–Kier alpha value is -2.79. The van der Waals surface area contributed by atoms with Crippen LogP contribution >= 0.6 is 0 Å². The largest absolute Gasteiger partial charge is 0.460 e. The number of carbonyl (C=O) groups is 3. The minimum atomic E-state index is -2.05. The number of carbonyl (C=O) groups excluding carboxylic acids is 3. The summed E-state index contributed by atoms with van der Waals surface area (Å²) in [5.74, 6) is -1.85. The van der Waals surface area contributed by atoms with Gasteiger partial charge in [0.1, 0.15) is 17.8 Å². The first kappa shape index (κ1) is 20.5. The van der Waals surface area contributed by atoms with Crippen LogP contribution in [0.3, 0.4) is 0 Å². The van der Waals surface area contributed by atoms with E-state index in [1.807, 2.05) is 0 Å². The molecule has 1 atom stereocenters. The second kappa shape index (κ2) is 8.27. The van der Waals surface area contributed by atoms with Crippen LogP contribution in [0.1, 0.15) is 49.5 Å². The zero-order valence-electron chi connectivity index (χ0n) is 15.8. The lowest BCUT2D eigenvalue weighted by Crippen LogP contribution is -2.39. The number of ketones is 2. The van der Waals surface area contributed by atoms with E-state index in [-0.39, 0.29) is 5.56 Å². The van der Waals surface area contributed by atoms with Crippen LogP contribution in [0, 0.1) is 0 Å². The molecule has 1 unspecified atom stereocenters. The molecule has 2 rings (SSSR count). The molecule has 0 aliphatic carbocycles. The lowest BCUT2D eigenvalue weighted by atomic mass is 9.81. The van der Waals surface area contributed by atoms with E-state index in [1.165, 1.54) is 0 Å². The Morgan fingerprint density at radius 2 is 1.41 bits per heavy atom. The fourth-order valence-corrected chi connectivity index (χ4v) is 2.74. The maximum absolute atomic E-state index is 13.0. The third-order valence-corrected chi connectivity index (χ3v) is 3.88. The van der Waals surface area contributed by atoms with Crippen molar-refractivity contribution < 1.29 is 24.2 Å². The zero-order chi connectivity index (χ0) is 20.1. The molecule has 0 fully saturated rings. The minimum absolute atomic E-state index is 0.286. The molecule has 1 N–H and O–H groups in total. The quantitative estimate of drug-likeness (QED) is 0.460. The SMILES string of the molecule is CC(C)(C)OC(=O)CC(=O)CC(O)(C(=O)c1ccccc1)c1ccccc1. The highest BCUT2D eigenvalue weighted by Gasteiger charge is 2.40. The van der Waals surface area contributed by atoms with Crippen molar-refractivity contribution in [1.29, 1.82) is 0 Å². The Balaban J connectivity index is 2.27. The molecule has 5 heteroatoms. The fourth-order valence-electron chi connectivity index (χ4n) is 2.74. The van der Waals surface area contributed by atoms with Crippen LogP contribution in [0.15, 0.2) is 60.7 Å². The van der Waals surface area contributed by atoms with Crippen LogP contribution in [-0.4, -0.2) is 28.2 Å². The van der Waals surface area contributed by atoms with Gasteiger partial charge >= 0.3 is 5.97 Å². The predicted molar refractivity (Wildman–Crippen MR) is 101 cm³/mol. The molecule has 0 heterocycles. The van der Waals surface area contributed by atoms with Gasteiger partial charge in [-0.25, -0.2) is 0 Å². The Kier molecular flexibility index (Phi) is 6.28. The van der Waals surface area contributed by atoms with Crippen LogP contribution in [0.25, 0.3) is 0 Å². The van der Waals surface area contributed by atoms with Crippen molar-refractivity contribution in [3.05, 3.63) is 71.8 Å². The molecule has 0 radical (unpaired) electrons. The number of aliphatic hydroxyl groups is 1. The highest BCUT2D eigenvalue weighted by atomic mass is 16.6. The summed E-state index contributed by atoms with van der Waals surface area (Å²) in [6, 6.07) is 16.5. The van der Waals surface area contributed by atoms with Gasteiger partial charge in [-0.3, -0.25) is 14.4 Å². The average Bonchev–Trinajstić information content (AvgIpc) is 2.60. The molecule has 0 saturated carbocycles. The number of esters is 1. The first-order valence-electron chi connectivity index (χ1n) is 8.73. The topological polar surface area (TPSA) is 80.7 Å². The van der Waals surface area contributed by atoms with Gasteiger partial charge in [0.25, 0.3) is 0 Å². The molecule has 2 aromatic carbocycles. The summed E-state index contributed by atoms with van der Waals surface area (Å²) in [6.45, 7) is 5.11. The molecule has 0 amide bonds. The lowest BCUT2D eigenvalue weighted by molar-refractivity contribution is -0.156. The van der Waals surface area contributed by atoms with Crippen LogP contribution in [0.2, 0.25) is 0 Å². The Labute approximate surface area is 159 Å². The van der Waals surface area contributed by atoms with Crippen molar-refractivity contribution in [2.24, 2.45) is 0 Å². The summed E-state index contributed by atoms with van der Waals surface area (Å²) < 4.78 is 5.15. The van der Waals surface area contributed by atoms with Crippen molar-refractivity contribution in [3.8, 4) is 0 Å². The molecular formula is C22H24O5. The monoisotopic (exact) mass is 368 g/mol. The van der Waals surface area contributed by atoms with Gasteiger partial charge < -0.3 is 9.84 Å². The Bertz CT molecular complexity index is 806. The van der Waals surface area contributed by atoms with Crippen molar-refractivity contribution >= 4 is 17.5 Å². The third kappa shape index (κ3) is 5.59. The van der Waals surface area contributed by atoms with Gasteiger partial charge in [0.15, 0.2) is 11.4 Å². The standard InChI is InChI=1S/C22H24O5/c1-21(2,3)27-19(24)14-18(23)15-22(26,17-12-8-5-9-13-17)20(25)16-10-6-4-7-11-16/h4-13,26H,14-15H2,1-3H3. The number of Topliss-reactive ketones (excluding diaryl/α,β-unsaturated/α-hetero) is 2. The number of hydrogen-bond donors (Lipinski definition) is 1. The normalized spacial score (nSPS) is 13.5. The van der Waals surface area contributed by atoms with Crippen molar-refractivity contribution in [2.75, 3.05) is 0 Å². The minimum Gasteiger partial charge on any atom is -0.460 e. The average molecular weight is 368 g/mol. The van der Waals surface area contributed by atoms with Crippen molar-refractivity contribution in [2.45, 2.75) is 44.8 Å². The smallest absolute Gasteiger partial charge is 0.313 e. The Morgan fingerprint density at radius 1 is 0.889 bits per heavy atom. The molecule has 0 aliphatic rings. The third-order valence-electron chi connectivity index (χ3n) is 3.88. The predicted octanol–water partition coefficient (Wildman–Crippen LogP) is 3.45. The van der Waals surface area contributed by atoms with Crippen molar-refractivity contribution in [3.63, 3.8) is 0 Å². The molecule has 0 spiro atoms. The maximum atomic E-state index is 13.0. The van der Waals surface area contributed by atoms with Gasteiger partial charge in [0.05, 0.1) is 0 Å². The molecule has 0 aliphatic heterocycles. The first-order chi connectivity index (χ1) is 12.6. The van der Waals surface area contributed by atoms with Crippen LogP contribution < -0.4 is 0 Å². The van der Waals surface area contributed by atoms with E-state index in [4.69, 9.17) is 4.74 Å². The van der Waals surface area contributed by atoms with E-state index in [9.17, 15) is 19.5 Å². The highest BCUT2D eigenvalue weighted by molar-refractivity contribution is 6.06. The second-order valence-electron chi connectivity index (χ2n) is 7.40. The summed E-state index contributed by atoms with van der Waals surface area (Å²) in [6.07, 6.45) is -1.02. The second-order valence-corrected chi connectivity index (χ2v) is 7.40. The van der Waals surface area contributed by atoms with Gasteiger partial charge in [-0.1, -0.05) is 60.7 Å². The molecule has 142 valence electrons. The molecule has 0 aromatic heterocycles. The number of hydrogen-bond acceptors (Lipinski definition) is 5. The molecular weight excluding hydrogens is 344 g/mol. The van der Waals surface area contributed by atoms with E-state index in [2.05, 4.69) is 0 Å². The Morgan fingerprint density at radius 3 is 1.93 bits per heavy atom. The highest BCUT2D eigenvalue weighted by Crippen LogP contribution is 2.30. The molecule has 27 heavy (non-hydrogen) atoms. The van der Waals surface area contributed by atoms with Crippen LogP contribution in [-0.2, 0) is 19.9 Å². The molecule has 0 saturated heterocycles. The zero-order valence-corrected chi connectivity index (χ0v) is 15.8. The van der Waals surface area contributed by atoms with E-state index in [1.54, 1.807) is 81.4 Å². The summed E-state index contributed by atoms with van der Waals surface area (Å²) in [5, 5.41) is 11.2. The lowest BCUT2D eigenvalue weighted by Gasteiger charge is -2.27. The number of ether oxygens (including phenoxy) is 1. The summed E-state index contributed by atoms with van der Waals surface area (Å²) in [5.41, 5.74) is -2.18. The summed E-state index contributed by atoms with van der Waals surface area (Å²) >= 11 is 0. The van der Waals surface area contributed by atoms with Crippen LogP contribution in [0.5, 0.6) is 0 Å². The number of benzene rings is 2. The first-order valence-corrected chi connectivity index (χ1v) is 8.73. The summed E-state index contributed by atoms with van der Waals surface area (Å²) in [4.78, 5) is 37.4. The van der Waals surface area contributed by atoms with Gasteiger partial charge in [-0.05, 0) is 26.3 Å². The van der Waals surface area contributed by atoms with Gasteiger partial charge in [-0.15, -0.1) is 0 Å². The number of rotatable bonds is 7. The van der Waals surface area contributed by atoms with E-state index < -0.39 is 41.6 Å². The van der Waals surface area contributed by atoms with Gasteiger partial charge in [0, 0.05) is 12.0 Å². The molecule has 0 bridgehead atoms. The van der Waals surface area contributed by atoms with Crippen molar-refractivity contribution in [1.82, 2.24) is 0 Å². The van der Waals surface area contributed by atoms with E-state index in [0.717, 1.165) is 0 Å². The molecule has 2 aromatic rings. The van der Waals surface area contributed by atoms with Crippen LogP contribution in [0.4, 0.5) is 0 Å². The molecule has 5 nitrogen and oxygen atoms in total. The van der Waals surface area contributed by atoms with Gasteiger partial charge in [0.2, 0.25) is 0 Å². The maximum Gasteiger partial charge on any atom is 0.313 e. The summed E-state index contributed by atoms with van der Waals surface area (Å²) in [7, 11) is 0. The van der Waals surface area contributed by atoms with E-state index >= 15 is 0 Å². The fraction of sp³-hybridized carbons (Fsp3) is 0.318. The van der Waals surface area contributed by atoms with Gasteiger partial charge in [-0.2, -0.15) is 0 Å².